The van der Waals surface area contributed by atoms with Crippen molar-refractivity contribution in [2.75, 3.05) is 20.0 Å². The third-order valence-electron chi connectivity index (χ3n) is 2.85. The zero-order valence-corrected chi connectivity index (χ0v) is 10.5. The number of alkyl halides is 2. The van der Waals surface area contributed by atoms with Gasteiger partial charge < -0.3 is 9.47 Å². The molecule has 0 aromatic heterocycles. The van der Waals surface area contributed by atoms with Crippen molar-refractivity contribution in [3.63, 3.8) is 0 Å². The van der Waals surface area contributed by atoms with E-state index in [0.717, 1.165) is 0 Å². The summed E-state index contributed by atoms with van der Waals surface area (Å²) in [6, 6.07) is 6.61. The molecule has 0 aliphatic carbocycles. The molecule has 0 unspecified atom stereocenters. The predicted octanol–water partition coefficient (Wildman–Crippen LogP) is 2.70. The van der Waals surface area contributed by atoms with Crippen LogP contribution in [0.2, 0.25) is 0 Å². The third kappa shape index (κ3) is 2.45. The molecule has 0 atom stereocenters. The number of hydrogen-bond acceptors (Lipinski definition) is 3. The topological polar surface area (TPSA) is 35.5 Å². The SMILES string of the molecule is CCOC(=O)C1=CC(CF)(CF)Oc2ccccc21. The highest BCUT2D eigenvalue weighted by molar-refractivity contribution is 6.18. The van der Waals surface area contributed by atoms with Gasteiger partial charge in [-0.05, 0) is 19.1 Å². The number of hydrogen-bond donors (Lipinski definition) is 0. The minimum absolute atomic E-state index is 0.138. The van der Waals surface area contributed by atoms with Crippen LogP contribution in [0.15, 0.2) is 30.3 Å². The fraction of sp³-hybridized carbons (Fsp3) is 0.357. The summed E-state index contributed by atoms with van der Waals surface area (Å²) in [5.41, 5.74) is -1.12. The summed E-state index contributed by atoms with van der Waals surface area (Å²) in [5.74, 6) is -0.326. The van der Waals surface area contributed by atoms with Crippen LogP contribution in [0.3, 0.4) is 0 Å². The number of fused-ring (bicyclic) bond motifs is 1. The first kappa shape index (κ1) is 13.5. The highest BCUT2D eigenvalue weighted by Gasteiger charge is 2.38. The van der Waals surface area contributed by atoms with Gasteiger partial charge in [0.25, 0.3) is 0 Å². The normalized spacial score (nSPS) is 16.1. The molecule has 102 valence electrons. The van der Waals surface area contributed by atoms with Crippen molar-refractivity contribution >= 4 is 11.5 Å². The van der Waals surface area contributed by atoms with E-state index in [1.54, 1.807) is 31.2 Å². The van der Waals surface area contributed by atoms with E-state index in [4.69, 9.17) is 9.47 Å². The molecule has 0 N–H and O–H groups in total. The monoisotopic (exact) mass is 268 g/mol. The molecule has 0 spiro atoms. The van der Waals surface area contributed by atoms with E-state index in [2.05, 4.69) is 0 Å². The molecule has 0 radical (unpaired) electrons. The van der Waals surface area contributed by atoms with E-state index < -0.39 is 24.9 Å². The van der Waals surface area contributed by atoms with E-state index in [9.17, 15) is 13.6 Å². The average Bonchev–Trinajstić information content (AvgIpc) is 2.46. The lowest BCUT2D eigenvalue weighted by Gasteiger charge is -2.32. The van der Waals surface area contributed by atoms with Crippen LogP contribution < -0.4 is 4.74 Å². The minimum atomic E-state index is -1.74. The summed E-state index contributed by atoms with van der Waals surface area (Å²) >= 11 is 0. The lowest BCUT2D eigenvalue weighted by molar-refractivity contribution is -0.136. The van der Waals surface area contributed by atoms with E-state index in [0.29, 0.717) is 5.56 Å². The van der Waals surface area contributed by atoms with Gasteiger partial charge in [0.1, 0.15) is 19.1 Å². The Labute approximate surface area is 109 Å². The molecule has 0 bridgehead atoms. The maximum atomic E-state index is 13.1. The summed E-state index contributed by atoms with van der Waals surface area (Å²) in [6.45, 7) is -0.250. The maximum absolute atomic E-state index is 13.1. The Hall–Kier alpha value is -1.91. The van der Waals surface area contributed by atoms with Gasteiger partial charge in [-0.15, -0.1) is 0 Å². The fourth-order valence-electron chi connectivity index (χ4n) is 1.91. The highest BCUT2D eigenvalue weighted by Crippen LogP contribution is 2.37. The Morgan fingerprint density at radius 2 is 2.00 bits per heavy atom. The molecule has 1 heterocycles. The maximum Gasteiger partial charge on any atom is 0.338 e. The first-order chi connectivity index (χ1) is 9.15. The minimum Gasteiger partial charge on any atom is -0.477 e. The summed E-state index contributed by atoms with van der Waals surface area (Å²) in [6.07, 6.45) is 1.17. The standard InChI is InChI=1S/C14H14F2O3/c1-2-18-13(17)11-7-14(8-15,9-16)19-12-6-4-3-5-10(11)12/h3-7H,2,8-9H2,1H3. The molecule has 1 aromatic rings. The van der Waals surface area contributed by atoms with E-state index in [-0.39, 0.29) is 17.9 Å². The Balaban J connectivity index is 2.50. The largest absolute Gasteiger partial charge is 0.477 e. The van der Waals surface area contributed by atoms with Crippen LogP contribution >= 0.6 is 0 Å². The van der Waals surface area contributed by atoms with Gasteiger partial charge in [-0.2, -0.15) is 0 Å². The molecule has 19 heavy (non-hydrogen) atoms. The van der Waals surface area contributed by atoms with E-state index >= 15 is 0 Å². The number of carbonyl (C=O) groups is 1. The molecule has 0 fully saturated rings. The summed E-state index contributed by atoms with van der Waals surface area (Å²) < 4.78 is 36.4. The predicted molar refractivity (Wildman–Crippen MR) is 66.4 cm³/mol. The fourth-order valence-corrected chi connectivity index (χ4v) is 1.91. The molecule has 5 heteroatoms. The summed E-state index contributed by atoms with van der Waals surface area (Å²) in [7, 11) is 0. The first-order valence-corrected chi connectivity index (χ1v) is 5.96. The Bertz CT molecular complexity index is 507. The molecule has 0 saturated heterocycles. The number of carbonyl (C=O) groups excluding carboxylic acids is 1. The van der Waals surface area contributed by atoms with Gasteiger partial charge in [-0.3, -0.25) is 0 Å². The number of ether oxygens (including phenoxy) is 2. The van der Waals surface area contributed by atoms with Gasteiger partial charge >= 0.3 is 5.97 Å². The molecule has 2 rings (SSSR count). The number of para-hydroxylation sites is 1. The molecule has 1 aromatic carbocycles. The van der Waals surface area contributed by atoms with Crippen LogP contribution in [-0.4, -0.2) is 31.5 Å². The smallest absolute Gasteiger partial charge is 0.338 e. The van der Waals surface area contributed by atoms with Crippen molar-refractivity contribution in [3.8, 4) is 5.75 Å². The third-order valence-corrected chi connectivity index (χ3v) is 2.85. The molecular formula is C14H14F2O3. The Morgan fingerprint density at radius 1 is 1.32 bits per heavy atom. The zero-order valence-electron chi connectivity index (χ0n) is 10.5. The Morgan fingerprint density at radius 3 is 2.63 bits per heavy atom. The molecule has 0 amide bonds. The van der Waals surface area contributed by atoms with Crippen molar-refractivity contribution in [2.24, 2.45) is 0 Å². The van der Waals surface area contributed by atoms with Gasteiger partial charge in [0.15, 0.2) is 5.60 Å². The van der Waals surface area contributed by atoms with Crippen LogP contribution in [0.1, 0.15) is 12.5 Å². The van der Waals surface area contributed by atoms with Crippen LogP contribution in [-0.2, 0) is 9.53 Å². The number of benzene rings is 1. The molecular weight excluding hydrogens is 254 g/mol. The molecule has 1 aliphatic heterocycles. The quantitative estimate of drug-likeness (QED) is 0.788. The van der Waals surface area contributed by atoms with Crippen LogP contribution in [0, 0.1) is 0 Å². The molecule has 0 saturated carbocycles. The van der Waals surface area contributed by atoms with Crippen molar-refractivity contribution in [2.45, 2.75) is 12.5 Å². The average molecular weight is 268 g/mol. The lowest BCUT2D eigenvalue weighted by Crippen LogP contribution is -2.42. The van der Waals surface area contributed by atoms with Gasteiger partial charge in [0.05, 0.1) is 12.2 Å². The lowest BCUT2D eigenvalue weighted by atomic mass is 9.94. The van der Waals surface area contributed by atoms with Gasteiger partial charge in [-0.25, -0.2) is 13.6 Å². The molecule has 1 aliphatic rings. The zero-order chi connectivity index (χ0) is 13.9. The first-order valence-electron chi connectivity index (χ1n) is 5.96. The number of esters is 1. The second-order valence-corrected chi connectivity index (χ2v) is 4.21. The Kier molecular flexibility index (Phi) is 3.83. The van der Waals surface area contributed by atoms with Gasteiger partial charge in [-0.1, -0.05) is 18.2 Å². The summed E-state index contributed by atoms with van der Waals surface area (Å²) in [4.78, 5) is 11.9. The number of rotatable bonds is 4. The summed E-state index contributed by atoms with van der Waals surface area (Å²) in [5, 5.41) is 0. The van der Waals surface area contributed by atoms with Crippen LogP contribution in [0.5, 0.6) is 5.75 Å². The number of halogens is 2. The van der Waals surface area contributed by atoms with Crippen molar-refractivity contribution in [1.82, 2.24) is 0 Å². The van der Waals surface area contributed by atoms with Crippen LogP contribution in [0.25, 0.3) is 5.57 Å². The highest BCUT2D eigenvalue weighted by atomic mass is 19.1. The molecule has 3 nitrogen and oxygen atoms in total. The van der Waals surface area contributed by atoms with Gasteiger partial charge in [0.2, 0.25) is 0 Å². The van der Waals surface area contributed by atoms with Crippen LogP contribution in [0.4, 0.5) is 8.78 Å². The second-order valence-electron chi connectivity index (χ2n) is 4.21. The van der Waals surface area contributed by atoms with Crippen molar-refractivity contribution < 1.29 is 23.0 Å². The van der Waals surface area contributed by atoms with Gasteiger partial charge in [0, 0.05) is 5.56 Å². The van der Waals surface area contributed by atoms with Crippen molar-refractivity contribution in [1.29, 1.82) is 0 Å². The van der Waals surface area contributed by atoms with Crippen molar-refractivity contribution in [3.05, 3.63) is 35.9 Å². The van der Waals surface area contributed by atoms with E-state index in [1.807, 2.05) is 0 Å². The van der Waals surface area contributed by atoms with E-state index in [1.165, 1.54) is 6.08 Å². The second kappa shape index (κ2) is 5.38.